The average Bonchev–Trinajstić information content (AvgIpc) is 3.14. The van der Waals surface area contributed by atoms with Gasteiger partial charge in [0, 0.05) is 49.7 Å². The summed E-state index contributed by atoms with van der Waals surface area (Å²) in [5.41, 5.74) is 3.51. The van der Waals surface area contributed by atoms with Gasteiger partial charge in [-0.25, -0.2) is 4.79 Å². The number of aromatic carboxylic acids is 1. The fourth-order valence-electron chi connectivity index (χ4n) is 3.58. The predicted molar refractivity (Wildman–Crippen MR) is 129 cm³/mol. The van der Waals surface area contributed by atoms with Gasteiger partial charge in [-0.1, -0.05) is 19.4 Å². The van der Waals surface area contributed by atoms with Crippen LogP contribution in [-0.2, 0) is 17.8 Å². The quantitative estimate of drug-likeness (QED) is 0.435. The van der Waals surface area contributed by atoms with E-state index < -0.39 is 5.97 Å². The molecule has 0 spiro atoms. The molecule has 3 heterocycles. The Balaban J connectivity index is 1.84. The molecular formula is C25H31N5O3. The normalized spacial score (nSPS) is 11.5. The number of pyridine rings is 2. The van der Waals surface area contributed by atoms with Gasteiger partial charge in [-0.3, -0.25) is 14.8 Å². The fourth-order valence-corrected chi connectivity index (χ4v) is 3.58. The number of carboxylic acids is 1. The Morgan fingerprint density at radius 1 is 1.21 bits per heavy atom. The van der Waals surface area contributed by atoms with Gasteiger partial charge in [-0.2, -0.15) is 0 Å². The number of carbonyl (C=O) groups is 2. The van der Waals surface area contributed by atoms with Crippen molar-refractivity contribution in [2.45, 2.75) is 32.7 Å². The standard InChI is InChI=1S/C25H31N5O3/c1-4-5-7-19-17-30(13-11-27-24(31)8-6-12-29(2)3)23-15-22(28-16-20(19)23)21-14-18(25(32)33)9-10-26-21/h6,8-10,14-17H,4-5,7,11-13H2,1-3H3,(H,27,31)(H,32,33). The fraction of sp³-hybridized carbons (Fsp3) is 0.360. The highest BCUT2D eigenvalue weighted by atomic mass is 16.4. The van der Waals surface area contributed by atoms with Crippen LogP contribution in [0.15, 0.2) is 48.9 Å². The first kappa shape index (κ1) is 24.1. The molecule has 0 saturated carbocycles. The molecular weight excluding hydrogens is 418 g/mol. The van der Waals surface area contributed by atoms with Gasteiger partial charge >= 0.3 is 5.97 Å². The van der Waals surface area contributed by atoms with E-state index >= 15 is 0 Å². The number of fused-ring (bicyclic) bond motifs is 1. The summed E-state index contributed by atoms with van der Waals surface area (Å²) in [4.78, 5) is 34.3. The SMILES string of the molecule is CCCCc1cn(CCNC(=O)C=CCN(C)C)c2cc(-c3cc(C(=O)O)ccn3)ncc12. The van der Waals surface area contributed by atoms with E-state index in [4.69, 9.17) is 0 Å². The first-order valence-corrected chi connectivity index (χ1v) is 11.2. The van der Waals surface area contributed by atoms with Crippen LogP contribution < -0.4 is 5.32 Å². The molecule has 0 atom stereocenters. The zero-order valence-corrected chi connectivity index (χ0v) is 19.4. The minimum atomic E-state index is -1.000. The van der Waals surface area contributed by atoms with E-state index in [0.29, 0.717) is 31.0 Å². The van der Waals surface area contributed by atoms with E-state index in [0.717, 1.165) is 30.2 Å². The summed E-state index contributed by atoms with van der Waals surface area (Å²) in [5, 5.41) is 13.3. The monoisotopic (exact) mass is 449 g/mol. The molecule has 0 aliphatic heterocycles. The van der Waals surface area contributed by atoms with Gasteiger partial charge in [-0.05, 0) is 50.7 Å². The minimum Gasteiger partial charge on any atom is -0.478 e. The molecule has 3 rings (SSSR count). The molecule has 0 radical (unpaired) electrons. The van der Waals surface area contributed by atoms with Crippen LogP contribution in [0.1, 0.15) is 35.7 Å². The van der Waals surface area contributed by atoms with Gasteiger partial charge < -0.3 is 19.9 Å². The van der Waals surface area contributed by atoms with E-state index in [1.807, 2.05) is 37.3 Å². The molecule has 0 bridgehead atoms. The van der Waals surface area contributed by atoms with Crippen molar-refractivity contribution in [3.63, 3.8) is 0 Å². The molecule has 0 aliphatic rings. The van der Waals surface area contributed by atoms with Crippen molar-refractivity contribution in [2.24, 2.45) is 0 Å². The highest BCUT2D eigenvalue weighted by Crippen LogP contribution is 2.26. The lowest BCUT2D eigenvalue weighted by Crippen LogP contribution is -2.25. The number of unbranched alkanes of at least 4 members (excludes halogenated alkanes) is 1. The Morgan fingerprint density at radius 2 is 2.00 bits per heavy atom. The van der Waals surface area contributed by atoms with Crippen molar-refractivity contribution >= 4 is 22.8 Å². The topological polar surface area (TPSA) is 100 Å². The summed E-state index contributed by atoms with van der Waals surface area (Å²) in [6, 6.07) is 4.94. The molecule has 8 nitrogen and oxygen atoms in total. The first-order chi connectivity index (χ1) is 15.9. The number of aromatic nitrogens is 3. The van der Waals surface area contributed by atoms with E-state index in [-0.39, 0.29) is 11.5 Å². The number of hydrogen-bond acceptors (Lipinski definition) is 5. The zero-order chi connectivity index (χ0) is 23.8. The average molecular weight is 450 g/mol. The van der Waals surface area contributed by atoms with Gasteiger partial charge in [0.1, 0.15) is 0 Å². The number of likely N-dealkylation sites (N-methyl/N-ethyl adjacent to an activating group) is 1. The number of aryl methyl sites for hydroxylation is 1. The molecule has 0 saturated heterocycles. The third kappa shape index (κ3) is 6.49. The number of carboxylic acid groups (broad SMARTS) is 1. The lowest BCUT2D eigenvalue weighted by Gasteiger charge is -2.08. The number of hydrogen-bond donors (Lipinski definition) is 2. The zero-order valence-electron chi connectivity index (χ0n) is 19.4. The van der Waals surface area contributed by atoms with Crippen molar-refractivity contribution in [1.29, 1.82) is 0 Å². The second-order valence-corrected chi connectivity index (χ2v) is 8.23. The number of nitrogens with zero attached hydrogens (tertiary/aromatic N) is 4. The Bertz CT molecular complexity index is 1150. The number of nitrogens with one attached hydrogen (secondary N) is 1. The first-order valence-electron chi connectivity index (χ1n) is 11.2. The molecule has 174 valence electrons. The van der Waals surface area contributed by atoms with Crippen LogP contribution in [0.25, 0.3) is 22.3 Å². The smallest absolute Gasteiger partial charge is 0.335 e. The van der Waals surface area contributed by atoms with E-state index in [9.17, 15) is 14.7 Å². The predicted octanol–water partition coefficient (Wildman–Crippen LogP) is 3.37. The van der Waals surface area contributed by atoms with E-state index in [1.54, 1.807) is 6.08 Å². The summed E-state index contributed by atoms with van der Waals surface area (Å²) >= 11 is 0. The number of rotatable bonds is 11. The second-order valence-electron chi connectivity index (χ2n) is 8.23. The second kappa shape index (κ2) is 11.4. The maximum Gasteiger partial charge on any atom is 0.335 e. The highest BCUT2D eigenvalue weighted by Gasteiger charge is 2.13. The van der Waals surface area contributed by atoms with Gasteiger partial charge in [0.25, 0.3) is 0 Å². The van der Waals surface area contributed by atoms with Gasteiger partial charge in [-0.15, -0.1) is 0 Å². The molecule has 33 heavy (non-hydrogen) atoms. The molecule has 0 aliphatic carbocycles. The van der Waals surface area contributed by atoms with Crippen molar-refractivity contribution < 1.29 is 14.7 Å². The van der Waals surface area contributed by atoms with Crippen LogP contribution in [0.2, 0.25) is 0 Å². The number of carbonyl (C=O) groups excluding carboxylic acids is 1. The van der Waals surface area contributed by atoms with Crippen LogP contribution in [0.5, 0.6) is 0 Å². The summed E-state index contributed by atoms with van der Waals surface area (Å²) in [6.07, 6.45) is 12.0. The van der Waals surface area contributed by atoms with Crippen LogP contribution in [-0.4, -0.2) is 63.6 Å². The van der Waals surface area contributed by atoms with Gasteiger partial charge in [0.15, 0.2) is 0 Å². The van der Waals surface area contributed by atoms with E-state index in [1.165, 1.54) is 23.9 Å². The Hall–Kier alpha value is -3.52. The molecule has 1 amide bonds. The molecule has 8 heteroatoms. The minimum absolute atomic E-state index is 0.114. The van der Waals surface area contributed by atoms with Gasteiger partial charge in [0.05, 0.1) is 22.5 Å². The van der Waals surface area contributed by atoms with Crippen molar-refractivity contribution in [1.82, 2.24) is 24.8 Å². The molecule has 0 aromatic carbocycles. The van der Waals surface area contributed by atoms with Crippen molar-refractivity contribution in [3.8, 4) is 11.4 Å². The summed E-state index contributed by atoms with van der Waals surface area (Å²) in [5.74, 6) is -1.11. The van der Waals surface area contributed by atoms with Crippen LogP contribution in [0.3, 0.4) is 0 Å². The highest BCUT2D eigenvalue weighted by molar-refractivity contribution is 5.90. The lowest BCUT2D eigenvalue weighted by atomic mass is 10.1. The number of amides is 1. The largest absolute Gasteiger partial charge is 0.478 e. The Kier molecular flexibility index (Phi) is 8.32. The Labute approximate surface area is 194 Å². The molecule has 0 fully saturated rings. The van der Waals surface area contributed by atoms with Crippen molar-refractivity contribution in [2.75, 3.05) is 27.2 Å². The van der Waals surface area contributed by atoms with Crippen LogP contribution >= 0.6 is 0 Å². The lowest BCUT2D eigenvalue weighted by molar-refractivity contribution is -0.116. The van der Waals surface area contributed by atoms with Crippen molar-refractivity contribution in [3.05, 3.63) is 60.1 Å². The Morgan fingerprint density at radius 3 is 2.73 bits per heavy atom. The third-order valence-electron chi connectivity index (χ3n) is 5.31. The summed E-state index contributed by atoms with van der Waals surface area (Å²) in [7, 11) is 3.90. The third-order valence-corrected chi connectivity index (χ3v) is 5.31. The van der Waals surface area contributed by atoms with Crippen LogP contribution in [0, 0.1) is 0 Å². The van der Waals surface area contributed by atoms with Gasteiger partial charge in [0.2, 0.25) is 5.91 Å². The molecule has 2 N–H and O–H groups in total. The molecule has 3 aromatic heterocycles. The van der Waals surface area contributed by atoms with Crippen LogP contribution in [0.4, 0.5) is 0 Å². The maximum atomic E-state index is 12.1. The summed E-state index contributed by atoms with van der Waals surface area (Å²) in [6.45, 7) is 3.98. The maximum absolute atomic E-state index is 12.1. The van der Waals surface area contributed by atoms with E-state index in [2.05, 4.69) is 33.0 Å². The molecule has 3 aromatic rings. The summed E-state index contributed by atoms with van der Waals surface area (Å²) < 4.78 is 2.12. The molecule has 0 unspecified atom stereocenters.